The molecular formula is C15H22N2O3. The number of ether oxygens (including phenoxy) is 2. The average molecular weight is 278 g/mol. The maximum absolute atomic E-state index is 12.0. The number of benzene rings is 1. The number of carbonyl (C=O) groups is 1. The van der Waals surface area contributed by atoms with Crippen LogP contribution in [0.1, 0.15) is 29.6 Å². The van der Waals surface area contributed by atoms with Gasteiger partial charge in [0.2, 0.25) is 0 Å². The quantitative estimate of drug-likeness (QED) is 0.562. The van der Waals surface area contributed by atoms with Gasteiger partial charge in [-0.1, -0.05) is 6.07 Å². The van der Waals surface area contributed by atoms with Crippen LogP contribution in [0.2, 0.25) is 0 Å². The molecule has 0 unspecified atom stereocenters. The molecule has 0 bridgehead atoms. The van der Waals surface area contributed by atoms with E-state index in [1.807, 2.05) is 0 Å². The van der Waals surface area contributed by atoms with Crippen molar-refractivity contribution >= 4 is 11.6 Å². The Bertz CT molecular complexity index is 458. The third-order valence-electron chi connectivity index (χ3n) is 3.30. The molecule has 1 fully saturated rings. The van der Waals surface area contributed by atoms with Gasteiger partial charge in [-0.3, -0.25) is 4.79 Å². The van der Waals surface area contributed by atoms with Crippen molar-refractivity contribution in [3.63, 3.8) is 0 Å². The summed E-state index contributed by atoms with van der Waals surface area (Å²) in [5, 5.41) is 2.85. The summed E-state index contributed by atoms with van der Waals surface area (Å²) in [4.78, 5) is 12.0. The summed E-state index contributed by atoms with van der Waals surface area (Å²) in [7, 11) is 1.51. The van der Waals surface area contributed by atoms with E-state index < -0.39 is 0 Å². The number of carbonyl (C=O) groups excluding carboxylic acids is 1. The summed E-state index contributed by atoms with van der Waals surface area (Å²) in [6, 6.07) is 5.15. The Labute approximate surface area is 119 Å². The minimum absolute atomic E-state index is 0.170. The summed E-state index contributed by atoms with van der Waals surface area (Å²) in [5.41, 5.74) is 6.70. The highest BCUT2D eigenvalue weighted by molar-refractivity contribution is 5.98. The number of hydrogen-bond donors (Lipinski definition) is 2. The molecule has 0 heterocycles. The highest BCUT2D eigenvalue weighted by Gasteiger charge is 2.20. The van der Waals surface area contributed by atoms with Crippen molar-refractivity contribution in [2.24, 2.45) is 5.92 Å². The SMILES string of the molecule is COc1c(N)cccc1C(=O)NCCCOCC1CC1. The van der Waals surface area contributed by atoms with Crippen LogP contribution in [0.5, 0.6) is 5.75 Å². The number of nitrogens with one attached hydrogen (secondary N) is 1. The van der Waals surface area contributed by atoms with Gasteiger partial charge in [0.1, 0.15) is 0 Å². The Hall–Kier alpha value is -1.75. The van der Waals surface area contributed by atoms with Crippen LogP contribution in [-0.2, 0) is 4.74 Å². The van der Waals surface area contributed by atoms with Crippen molar-refractivity contribution in [2.75, 3.05) is 32.6 Å². The zero-order chi connectivity index (χ0) is 14.4. The first-order valence-electron chi connectivity index (χ1n) is 7.00. The Morgan fingerprint density at radius 3 is 2.95 bits per heavy atom. The number of nitrogens with two attached hydrogens (primary N) is 1. The van der Waals surface area contributed by atoms with E-state index in [1.165, 1.54) is 20.0 Å². The number of nitrogen functional groups attached to an aromatic ring is 1. The van der Waals surface area contributed by atoms with Crippen molar-refractivity contribution in [1.82, 2.24) is 5.32 Å². The van der Waals surface area contributed by atoms with E-state index in [0.717, 1.165) is 18.9 Å². The molecule has 1 amide bonds. The van der Waals surface area contributed by atoms with E-state index in [0.29, 0.717) is 30.2 Å². The molecule has 1 aromatic carbocycles. The summed E-state index contributed by atoms with van der Waals surface area (Å²) < 4.78 is 10.7. The molecule has 5 heteroatoms. The molecule has 3 N–H and O–H groups in total. The maximum Gasteiger partial charge on any atom is 0.255 e. The van der Waals surface area contributed by atoms with Crippen molar-refractivity contribution < 1.29 is 14.3 Å². The van der Waals surface area contributed by atoms with Crippen LogP contribution in [0.15, 0.2) is 18.2 Å². The lowest BCUT2D eigenvalue weighted by molar-refractivity contribution is 0.0934. The third kappa shape index (κ3) is 4.13. The number of amides is 1. The Kier molecular flexibility index (Phi) is 5.24. The fourth-order valence-electron chi connectivity index (χ4n) is 1.97. The van der Waals surface area contributed by atoms with E-state index in [2.05, 4.69) is 5.32 Å². The van der Waals surface area contributed by atoms with E-state index in [-0.39, 0.29) is 5.91 Å². The first-order valence-corrected chi connectivity index (χ1v) is 7.00. The summed E-state index contributed by atoms with van der Waals surface area (Å²) in [5.74, 6) is 1.03. The number of anilines is 1. The van der Waals surface area contributed by atoms with Crippen LogP contribution in [0.3, 0.4) is 0 Å². The Morgan fingerprint density at radius 2 is 2.25 bits per heavy atom. The molecule has 0 spiro atoms. The minimum Gasteiger partial charge on any atom is -0.494 e. The van der Waals surface area contributed by atoms with Crippen LogP contribution in [-0.4, -0.2) is 32.8 Å². The molecule has 0 aromatic heterocycles. The van der Waals surface area contributed by atoms with Crippen LogP contribution in [0, 0.1) is 5.92 Å². The maximum atomic E-state index is 12.0. The molecule has 0 aliphatic heterocycles. The molecule has 1 saturated carbocycles. The second-order valence-electron chi connectivity index (χ2n) is 5.06. The van der Waals surface area contributed by atoms with Gasteiger partial charge < -0.3 is 20.5 Å². The Morgan fingerprint density at radius 1 is 1.45 bits per heavy atom. The molecule has 1 aliphatic carbocycles. The first-order chi connectivity index (χ1) is 9.72. The number of para-hydroxylation sites is 1. The highest BCUT2D eigenvalue weighted by Crippen LogP contribution is 2.28. The molecule has 1 aromatic rings. The molecule has 0 saturated heterocycles. The van der Waals surface area contributed by atoms with Crippen molar-refractivity contribution in [2.45, 2.75) is 19.3 Å². The molecule has 5 nitrogen and oxygen atoms in total. The normalized spacial score (nSPS) is 14.1. The largest absolute Gasteiger partial charge is 0.494 e. The number of hydrogen-bond acceptors (Lipinski definition) is 4. The average Bonchev–Trinajstić information content (AvgIpc) is 3.26. The van der Waals surface area contributed by atoms with Gasteiger partial charge in [-0.15, -0.1) is 0 Å². The van der Waals surface area contributed by atoms with E-state index in [4.69, 9.17) is 15.2 Å². The first kappa shape index (κ1) is 14.7. The third-order valence-corrected chi connectivity index (χ3v) is 3.30. The van der Waals surface area contributed by atoms with E-state index >= 15 is 0 Å². The van der Waals surface area contributed by atoms with Gasteiger partial charge in [0, 0.05) is 19.8 Å². The lowest BCUT2D eigenvalue weighted by Gasteiger charge is -2.11. The smallest absolute Gasteiger partial charge is 0.255 e. The summed E-state index contributed by atoms with van der Waals surface area (Å²) in [6.45, 7) is 2.13. The molecule has 0 atom stereocenters. The molecule has 110 valence electrons. The summed E-state index contributed by atoms with van der Waals surface area (Å²) >= 11 is 0. The second-order valence-corrected chi connectivity index (χ2v) is 5.06. The van der Waals surface area contributed by atoms with Gasteiger partial charge in [-0.25, -0.2) is 0 Å². The van der Waals surface area contributed by atoms with E-state index in [9.17, 15) is 4.79 Å². The van der Waals surface area contributed by atoms with Crippen LogP contribution in [0.4, 0.5) is 5.69 Å². The van der Waals surface area contributed by atoms with Crippen LogP contribution < -0.4 is 15.8 Å². The van der Waals surface area contributed by atoms with E-state index in [1.54, 1.807) is 18.2 Å². The van der Waals surface area contributed by atoms with Gasteiger partial charge in [-0.05, 0) is 37.3 Å². The van der Waals surface area contributed by atoms with Crippen molar-refractivity contribution in [1.29, 1.82) is 0 Å². The topological polar surface area (TPSA) is 73.6 Å². The minimum atomic E-state index is -0.170. The monoisotopic (exact) mass is 278 g/mol. The lowest BCUT2D eigenvalue weighted by atomic mass is 10.1. The fraction of sp³-hybridized carbons (Fsp3) is 0.533. The number of methoxy groups -OCH3 is 1. The van der Waals surface area contributed by atoms with Crippen molar-refractivity contribution in [3.05, 3.63) is 23.8 Å². The highest BCUT2D eigenvalue weighted by atomic mass is 16.5. The predicted octanol–water partition coefficient (Wildman–Crippen LogP) is 1.82. The van der Waals surface area contributed by atoms with Crippen LogP contribution >= 0.6 is 0 Å². The predicted molar refractivity (Wildman–Crippen MR) is 77.9 cm³/mol. The molecule has 1 aliphatic rings. The molecule has 20 heavy (non-hydrogen) atoms. The van der Waals surface area contributed by atoms with Gasteiger partial charge >= 0.3 is 0 Å². The fourth-order valence-corrected chi connectivity index (χ4v) is 1.97. The van der Waals surface area contributed by atoms with Gasteiger partial charge in [0.05, 0.1) is 18.4 Å². The molecular weight excluding hydrogens is 256 g/mol. The Balaban J connectivity index is 1.72. The van der Waals surface area contributed by atoms with Gasteiger partial charge in [-0.2, -0.15) is 0 Å². The summed E-state index contributed by atoms with van der Waals surface area (Å²) in [6.07, 6.45) is 3.40. The molecule has 0 radical (unpaired) electrons. The lowest BCUT2D eigenvalue weighted by Crippen LogP contribution is -2.26. The zero-order valence-corrected chi connectivity index (χ0v) is 11.9. The molecule has 2 rings (SSSR count). The standard InChI is InChI=1S/C15H22N2O3/c1-19-14-12(4-2-5-13(14)16)15(18)17-8-3-9-20-10-11-6-7-11/h2,4-5,11H,3,6-10,16H2,1H3,(H,17,18). The number of rotatable bonds is 8. The van der Waals surface area contributed by atoms with Crippen LogP contribution in [0.25, 0.3) is 0 Å². The zero-order valence-electron chi connectivity index (χ0n) is 11.9. The van der Waals surface area contributed by atoms with Crippen molar-refractivity contribution in [3.8, 4) is 5.75 Å². The van der Waals surface area contributed by atoms with Gasteiger partial charge in [0.15, 0.2) is 5.75 Å². The second kappa shape index (κ2) is 7.14. The van der Waals surface area contributed by atoms with Gasteiger partial charge in [0.25, 0.3) is 5.91 Å².